The third-order valence-electron chi connectivity index (χ3n) is 4.96. The van der Waals surface area contributed by atoms with Crippen LogP contribution in [-0.4, -0.2) is 41.5 Å². The minimum absolute atomic E-state index is 0.130. The summed E-state index contributed by atoms with van der Waals surface area (Å²) < 4.78 is 26.1. The molecule has 8 nitrogen and oxygen atoms in total. The van der Waals surface area contributed by atoms with Crippen molar-refractivity contribution < 1.29 is 13.2 Å². The van der Waals surface area contributed by atoms with Gasteiger partial charge in [0.25, 0.3) is 10.2 Å². The Bertz CT molecular complexity index is 924. The second kappa shape index (κ2) is 8.42. The van der Waals surface area contributed by atoms with Gasteiger partial charge in [0.15, 0.2) is 0 Å². The van der Waals surface area contributed by atoms with Crippen LogP contribution in [0.2, 0.25) is 0 Å². The second-order valence-corrected chi connectivity index (χ2v) is 8.98. The predicted molar refractivity (Wildman–Crippen MR) is 107 cm³/mol. The molecular weight excluding hydrogens is 378 g/mol. The molecule has 3 N–H and O–H groups in total. The maximum Gasteiger partial charge on any atom is 0.276 e. The summed E-state index contributed by atoms with van der Waals surface area (Å²) >= 11 is 0. The van der Waals surface area contributed by atoms with Gasteiger partial charge in [-0.15, -0.1) is 0 Å². The third kappa shape index (κ3) is 4.78. The fourth-order valence-corrected chi connectivity index (χ4v) is 4.24. The number of hydrogen-bond donors (Lipinski definition) is 2. The van der Waals surface area contributed by atoms with Gasteiger partial charge >= 0.3 is 0 Å². The summed E-state index contributed by atoms with van der Waals surface area (Å²) in [5.74, 6) is -0.335. The number of rotatable bonds is 6. The van der Waals surface area contributed by atoms with Crippen LogP contribution in [0.1, 0.15) is 43.9 Å². The zero-order valence-corrected chi connectivity index (χ0v) is 17.0. The molecule has 1 atom stereocenters. The Labute approximate surface area is 165 Å². The molecule has 152 valence electrons. The molecule has 28 heavy (non-hydrogen) atoms. The molecule has 1 unspecified atom stereocenters. The van der Waals surface area contributed by atoms with Gasteiger partial charge < -0.3 is 5.32 Å². The summed E-state index contributed by atoms with van der Waals surface area (Å²) in [5.41, 5.74) is 2.84. The van der Waals surface area contributed by atoms with Crippen LogP contribution in [0.3, 0.4) is 0 Å². The van der Waals surface area contributed by atoms with Crippen molar-refractivity contribution in [2.75, 3.05) is 13.1 Å². The van der Waals surface area contributed by atoms with Crippen molar-refractivity contribution in [3.8, 4) is 5.69 Å². The van der Waals surface area contributed by atoms with E-state index < -0.39 is 16.1 Å². The fourth-order valence-electron chi connectivity index (χ4n) is 3.47. The summed E-state index contributed by atoms with van der Waals surface area (Å²) in [5, 5.41) is 12.8. The van der Waals surface area contributed by atoms with E-state index in [2.05, 4.69) is 24.3 Å². The van der Waals surface area contributed by atoms with E-state index in [1.54, 1.807) is 0 Å². The van der Waals surface area contributed by atoms with Gasteiger partial charge in [0.05, 0.1) is 17.3 Å². The number of nitrogens with two attached hydrogens (primary N) is 1. The Morgan fingerprint density at radius 3 is 2.68 bits per heavy atom. The SMILES string of the molecule is CC(C)c1nn(-c2ccccc2)cc1CNC(=O)C1CCCN(S(N)(=O)=O)C1. The number of piperidine rings is 1. The monoisotopic (exact) mass is 405 g/mol. The molecule has 3 rings (SSSR count). The Morgan fingerprint density at radius 2 is 2.04 bits per heavy atom. The number of benzene rings is 1. The zero-order valence-electron chi connectivity index (χ0n) is 16.2. The first-order chi connectivity index (χ1) is 13.3. The lowest BCUT2D eigenvalue weighted by atomic mass is 9.98. The van der Waals surface area contributed by atoms with E-state index in [0.717, 1.165) is 16.9 Å². The second-order valence-electron chi connectivity index (χ2n) is 7.43. The molecule has 1 aliphatic heterocycles. The van der Waals surface area contributed by atoms with Crippen LogP contribution in [0, 0.1) is 5.92 Å². The van der Waals surface area contributed by atoms with E-state index in [1.807, 2.05) is 41.2 Å². The predicted octanol–water partition coefficient (Wildman–Crippen LogP) is 1.53. The van der Waals surface area contributed by atoms with Gasteiger partial charge in [-0.2, -0.15) is 17.8 Å². The molecular formula is C19H27N5O3S. The molecule has 2 aromatic rings. The van der Waals surface area contributed by atoms with Crippen LogP contribution in [-0.2, 0) is 21.5 Å². The minimum Gasteiger partial charge on any atom is -0.352 e. The molecule has 0 bridgehead atoms. The van der Waals surface area contributed by atoms with E-state index >= 15 is 0 Å². The normalized spacial score (nSPS) is 18.4. The number of amides is 1. The van der Waals surface area contributed by atoms with E-state index in [4.69, 9.17) is 5.14 Å². The first kappa shape index (κ1) is 20.5. The molecule has 1 amide bonds. The average Bonchev–Trinajstić information content (AvgIpc) is 3.11. The largest absolute Gasteiger partial charge is 0.352 e. The highest BCUT2D eigenvalue weighted by Gasteiger charge is 2.30. The maximum atomic E-state index is 12.6. The summed E-state index contributed by atoms with van der Waals surface area (Å²) in [4.78, 5) is 12.6. The summed E-state index contributed by atoms with van der Waals surface area (Å²) in [7, 11) is -3.76. The van der Waals surface area contributed by atoms with Crippen LogP contribution in [0.4, 0.5) is 0 Å². The Balaban J connectivity index is 1.70. The Hall–Kier alpha value is -2.23. The molecule has 1 aromatic heterocycles. The molecule has 0 aliphatic carbocycles. The lowest BCUT2D eigenvalue weighted by molar-refractivity contribution is -0.126. The molecule has 0 saturated carbocycles. The molecule has 0 spiro atoms. The maximum absolute atomic E-state index is 12.6. The smallest absolute Gasteiger partial charge is 0.276 e. The Kier molecular flexibility index (Phi) is 6.17. The van der Waals surface area contributed by atoms with Gasteiger partial charge in [-0.1, -0.05) is 32.0 Å². The number of carbonyl (C=O) groups excluding carboxylic acids is 1. The molecule has 1 aromatic carbocycles. The van der Waals surface area contributed by atoms with Gasteiger partial charge in [-0.25, -0.2) is 9.82 Å². The number of carbonyl (C=O) groups is 1. The molecule has 1 saturated heterocycles. The first-order valence-corrected chi connectivity index (χ1v) is 11.0. The fraction of sp³-hybridized carbons (Fsp3) is 0.474. The van der Waals surface area contributed by atoms with Crippen LogP contribution in [0.15, 0.2) is 36.5 Å². The van der Waals surface area contributed by atoms with E-state index in [9.17, 15) is 13.2 Å². The third-order valence-corrected chi connectivity index (χ3v) is 6.01. The van der Waals surface area contributed by atoms with Crippen molar-refractivity contribution in [3.63, 3.8) is 0 Å². The van der Waals surface area contributed by atoms with Gasteiger partial charge in [0.1, 0.15) is 0 Å². The standard InChI is InChI=1S/C19H27N5O3S/c1-14(2)18-16(13-24(22-18)17-8-4-3-5-9-17)11-21-19(25)15-7-6-10-23(12-15)28(20,26)27/h3-5,8-9,13-15H,6-7,10-12H2,1-2H3,(H,21,25)(H2,20,26,27). The van der Waals surface area contributed by atoms with Crippen molar-refractivity contribution in [1.82, 2.24) is 19.4 Å². The van der Waals surface area contributed by atoms with Crippen LogP contribution >= 0.6 is 0 Å². The summed E-state index contributed by atoms with van der Waals surface area (Å²) in [6.07, 6.45) is 3.21. The van der Waals surface area contributed by atoms with Crippen LogP contribution < -0.4 is 10.5 Å². The van der Waals surface area contributed by atoms with Crippen molar-refractivity contribution in [3.05, 3.63) is 47.8 Å². The van der Waals surface area contributed by atoms with E-state index in [-0.39, 0.29) is 18.4 Å². The number of aromatic nitrogens is 2. The van der Waals surface area contributed by atoms with Gasteiger partial charge in [0, 0.05) is 31.4 Å². The molecule has 0 radical (unpaired) electrons. The van der Waals surface area contributed by atoms with Crippen molar-refractivity contribution >= 4 is 16.1 Å². The van der Waals surface area contributed by atoms with Crippen molar-refractivity contribution in [2.24, 2.45) is 11.1 Å². The zero-order chi connectivity index (χ0) is 20.3. The lowest BCUT2D eigenvalue weighted by Crippen LogP contribution is -2.47. The number of nitrogens with one attached hydrogen (secondary N) is 1. The average molecular weight is 406 g/mol. The van der Waals surface area contributed by atoms with Crippen LogP contribution in [0.25, 0.3) is 5.69 Å². The number of hydrogen-bond acceptors (Lipinski definition) is 4. The summed E-state index contributed by atoms with van der Waals surface area (Å²) in [6, 6.07) is 9.81. The van der Waals surface area contributed by atoms with Gasteiger partial charge in [0.2, 0.25) is 5.91 Å². The molecule has 9 heteroatoms. The van der Waals surface area contributed by atoms with E-state index in [0.29, 0.717) is 25.9 Å². The van der Waals surface area contributed by atoms with Gasteiger partial charge in [-0.05, 0) is 30.9 Å². The number of para-hydroxylation sites is 1. The number of nitrogens with zero attached hydrogens (tertiary/aromatic N) is 3. The van der Waals surface area contributed by atoms with Crippen LogP contribution in [0.5, 0.6) is 0 Å². The highest BCUT2D eigenvalue weighted by atomic mass is 32.2. The molecule has 1 aliphatic rings. The van der Waals surface area contributed by atoms with Crippen molar-refractivity contribution in [1.29, 1.82) is 0 Å². The molecule has 2 heterocycles. The van der Waals surface area contributed by atoms with Gasteiger partial charge in [-0.3, -0.25) is 4.79 Å². The highest BCUT2D eigenvalue weighted by Crippen LogP contribution is 2.21. The first-order valence-electron chi connectivity index (χ1n) is 9.45. The van der Waals surface area contributed by atoms with E-state index in [1.165, 1.54) is 4.31 Å². The van der Waals surface area contributed by atoms with Crippen molar-refractivity contribution in [2.45, 2.75) is 39.2 Å². The highest BCUT2D eigenvalue weighted by molar-refractivity contribution is 7.86. The molecule has 1 fully saturated rings. The lowest BCUT2D eigenvalue weighted by Gasteiger charge is -2.29. The minimum atomic E-state index is -3.76. The quantitative estimate of drug-likeness (QED) is 0.759. The summed E-state index contributed by atoms with van der Waals surface area (Å²) in [6.45, 7) is 4.97. The topological polar surface area (TPSA) is 110 Å². The Morgan fingerprint density at radius 1 is 1.32 bits per heavy atom.